The van der Waals surface area contributed by atoms with Crippen LogP contribution in [0, 0.1) is 0 Å². The standard InChI is InChI=1S/C13H30N2O/c1-11(2)15(12(3)4)10-9-14-8-7-13(5,6)16/h11-12,14,16H,7-10H2,1-6H3. The first-order valence-electron chi connectivity index (χ1n) is 6.43. The van der Waals surface area contributed by atoms with Crippen molar-refractivity contribution < 1.29 is 5.11 Å². The minimum absolute atomic E-state index is 0.553. The Labute approximate surface area is 101 Å². The minimum Gasteiger partial charge on any atom is -0.390 e. The number of rotatable bonds is 8. The molecule has 0 radical (unpaired) electrons. The van der Waals surface area contributed by atoms with E-state index < -0.39 is 5.60 Å². The van der Waals surface area contributed by atoms with Crippen molar-refractivity contribution in [2.24, 2.45) is 0 Å². The molecular weight excluding hydrogens is 200 g/mol. The Morgan fingerprint density at radius 2 is 1.56 bits per heavy atom. The third-order valence-corrected chi connectivity index (χ3v) is 2.79. The molecule has 0 rings (SSSR count). The van der Waals surface area contributed by atoms with E-state index in [4.69, 9.17) is 0 Å². The van der Waals surface area contributed by atoms with Gasteiger partial charge in [0.15, 0.2) is 0 Å². The molecule has 0 spiro atoms. The molecule has 3 heteroatoms. The van der Waals surface area contributed by atoms with E-state index in [0.717, 1.165) is 26.1 Å². The molecule has 0 bridgehead atoms. The van der Waals surface area contributed by atoms with Crippen molar-refractivity contribution in [3.05, 3.63) is 0 Å². The molecule has 2 N–H and O–H groups in total. The Bertz CT molecular complexity index is 165. The SMILES string of the molecule is CC(C)N(CCNCCC(C)(C)O)C(C)C. The second-order valence-electron chi connectivity index (χ2n) is 5.74. The maximum atomic E-state index is 9.55. The van der Waals surface area contributed by atoms with Crippen LogP contribution in [0.4, 0.5) is 0 Å². The average Bonchev–Trinajstić information content (AvgIpc) is 2.07. The number of nitrogens with one attached hydrogen (secondary N) is 1. The topological polar surface area (TPSA) is 35.5 Å². The van der Waals surface area contributed by atoms with E-state index in [9.17, 15) is 5.11 Å². The van der Waals surface area contributed by atoms with Gasteiger partial charge in [-0.1, -0.05) is 0 Å². The van der Waals surface area contributed by atoms with Crippen molar-refractivity contribution >= 4 is 0 Å². The molecule has 0 aromatic rings. The molecule has 0 aliphatic carbocycles. The zero-order valence-electron chi connectivity index (χ0n) is 11.9. The highest BCUT2D eigenvalue weighted by Gasteiger charge is 2.13. The van der Waals surface area contributed by atoms with Crippen LogP contribution in [0.5, 0.6) is 0 Å². The first kappa shape index (κ1) is 15.9. The molecule has 98 valence electrons. The molecule has 0 unspecified atom stereocenters. The van der Waals surface area contributed by atoms with Gasteiger partial charge in [-0.25, -0.2) is 0 Å². The summed E-state index contributed by atoms with van der Waals surface area (Å²) in [5.74, 6) is 0. The molecule has 0 aliphatic rings. The molecule has 0 heterocycles. The zero-order valence-corrected chi connectivity index (χ0v) is 11.9. The van der Waals surface area contributed by atoms with Crippen molar-refractivity contribution in [2.75, 3.05) is 19.6 Å². The molecule has 0 aliphatic heterocycles. The second-order valence-corrected chi connectivity index (χ2v) is 5.74. The van der Waals surface area contributed by atoms with Gasteiger partial charge in [0.25, 0.3) is 0 Å². The Kier molecular flexibility index (Phi) is 7.20. The van der Waals surface area contributed by atoms with E-state index in [1.54, 1.807) is 0 Å². The Balaban J connectivity index is 3.64. The fourth-order valence-corrected chi connectivity index (χ4v) is 1.84. The Hall–Kier alpha value is -0.120. The lowest BCUT2D eigenvalue weighted by Gasteiger charge is -2.30. The van der Waals surface area contributed by atoms with Crippen LogP contribution in [0.1, 0.15) is 48.0 Å². The van der Waals surface area contributed by atoms with E-state index in [2.05, 4.69) is 37.9 Å². The van der Waals surface area contributed by atoms with Gasteiger partial charge in [-0.15, -0.1) is 0 Å². The minimum atomic E-state index is -0.553. The zero-order chi connectivity index (χ0) is 12.8. The monoisotopic (exact) mass is 230 g/mol. The smallest absolute Gasteiger partial charge is 0.0603 e. The van der Waals surface area contributed by atoms with Crippen LogP contribution in [-0.2, 0) is 0 Å². The van der Waals surface area contributed by atoms with Crippen LogP contribution < -0.4 is 5.32 Å². The van der Waals surface area contributed by atoms with Crippen LogP contribution in [-0.4, -0.2) is 47.3 Å². The lowest BCUT2D eigenvalue weighted by atomic mass is 10.1. The van der Waals surface area contributed by atoms with Crippen LogP contribution >= 0.6 is 0 Å². The maximum absolute atomic E-state index is 9.55. The summed E-state index contributed by atoms with van der Waals surface area (Å²) < 4.78 is 0. The molecule has 0 atom stereocenters. The molecule has 16 heavy (non-hydrogen) atoms. The summed E-state index contributed by atoms with van der Waals surface area (Å²) in [6.07, 6.45) is 0.802. The summed E-state index contributed by atoms with van der Waals surface area (Å²) in [7, 11) is 0. The average molecular weight is 230 g/mol. The molecule has 0 saturated heterocycles. The van der Waals surface area contributed by atoms with Gasteiger partial charge in [-0.3, -0.25) is 4.90 Å². The van der Waals surface area contributed by atoms with Crippen molar-refractivity contribution in [3.63, 3.8) is 0 Å². The van der Waals surface area contributed by atoms with Gasteiger partial charge in [-0.05, 0) is 54.5 Å². The fourth-order valence-electron chi connectivity index (χ4n) is 1.84. The fraction of sp³-hybridized carbons (Fsp3) is 1.00. The molecule has 0 amide bonds. The van der Waals surface area contributed by atoms with E-state index in [1.807, 2.05) is 13.8 Å². The number of aliphatic hydroxyl groups is 1. The van der Waals surface area contributed by atoms with Gasteiger partial charge >= 0.3 is 0 Å². The maximum Gasteiger partial charge on any atom is 0.0603 e. The largest absolute Gasteiger partial charge is 0.390 e. The molecule has 3 nitrogen and oxygen atoms in total. The normalized spacial score (nSPS) is 13.1. The van der Waals surface area contributed by atoms with Crippen molar-refractivity contribution in [3.8, 4) is 0 Å². The van der Waals surface area contributed by atoms with Crippen molar-refractivity contribution in [1.82, 2.24) is 10.2 Å². The Morgan fingerprint density at radius 3 is 1.94 bits per heavy atom. The first-order valence-corrected chi connectivity index (χ1v) is 6.43. The van der Waals surface area contributed by atoms with E-state index in [1.165, 1.54) is 0 Å². The predicted molar refractivity (Wildman–Crippen MR) is 70.8 cm³/mol. The van der Waals surface area contributed by atoms with Gasteiger partial charge in [-0.2, -0.15) is 0 Å². The Morgan fingerprint density at radius 1 is 1.06 bits per heavy atom. The van der Waals surface area contributed by atoms with E-state index in [-0.39, 0.29) is 0 Å². The summed E-state index contributed by atoms with van der Waals surface area (Å²) in [5.41, 5.74) is -0.553. The number of hydrogen-bond acceptors (Lipinski definition) is 3. The van der Waals surface area contributed by atoms with Crippen LogP contribution in [0.2, 0.25) is 0 Å². The van der Waals surface area contributed by atoms with E-state index in [0.29, 0.717) is 12.1 Å². The molecule has 0 fully saturated rings. The van der Waals surface area contributed by atoms with Crippen LogP contribution in [0.25, 0.3) is 0 Å². The van der Waals surface area contributed by atoms with E-state index >= 15 is 0 Å². The number of nitrogens with zero attached hydrogens (tertiary/aromatic N) is 1. The van der Waals surface area contributed by atoms with Gasteiger partial charge in [0.1, 0.15) is 0 Å². The summed E-state index contributed by atoms with van der Waals surface area (Å²) >= 11 is 0. The predicted octanol–water partition coefficient (Wildman–Crippen LogP) is 1.86. The highest BCUT2D eigenvalue weighted by atomic mass is 16.3. The summed E-state index contributed by atoms with van der Waals surface area (Å²) in [5, 5.41) is 12.9. The highest BCUT2D eigenvalue weighted by Crippen LogP contribution is 2.05. The molecule has 0 aromatic heterocycles. The van der Waals surface area contributed by atoms with Gasteiger partial charge < -0.3 is 10.4 Å². The third-order valence-electron chi connectivity index (χ3n) is 2.79. The molecular formula is C13H30N2O. The lowest BCUT2D eigenvalue weighted by molar-refractivity contribution is 0.0707. The van der Waals surface area contributed by atoms with Gasteiger partial charge in [0, 0.05) is 25.2 Å². The van der Waals surface area contributed by atoms with Crippen molar-refractivity contribution in [1.29, 1.82) is 0 Å². The summed E-state index contributed by atoms with van der Waals surface area (Å²) in [6, 6.07) is 1.19. The molecule has 0 aromatic carbocycles. The van der Waals surface area contributed by atoms with Crippen molar-refractivity contribution in [2.45, 2.75) is 65.6 Å². The number of hydrogen-bond donors (Lipinski definition) is 2. The highest BCUT2D eigenvalue weighted by molar-refractivity contribution is 4.70. The second kappa shape index (κ2) is 7.25. The summed E-state index contributed by atoms with van der Waals surface area (Å²) in [6.45, 7) is 15.6. The third kappa shape index (κ3) is 8.08. The lowest BCUT2D eigenvalue weighted by Crippen LogP contribution is -2.42. The van der Waals surface area contributed by atoms with Crippen LogP contribution in [0.15, 0.2) is 0 Å². The quantitative estimate of drug-likeness (QED) is 0.625. The van der Waals surface area contributed by atoms with Crippen LogP contribution in [0.3, 0.4) is 0 Å². The van der Waals surface area contributed by atoms with Gasteiger partial charge in [0.2, 0.25) is 0 Å². The summed E-state index contributed by atoms with van der Waals surface area (Å²) in [4.78, 5) is 2.47. The molecule has 0 saturated carbocycles. The van der Waals surface area contributed by atoms with Gasteiger partial charge in [0.05, 0.1) is 5.60 Å². The first-order chi connectivity index (χ1) is 7.24.